The van der Waals surface area contributed by atoms with Crippen LogP contribution in [0.5, 0.6) is 5.88 Å². The lowest BCUT2D eigenvalue weighted by Gasteiger charge is -2.33. The normalized spacial score (nSPS) is 17.2. The standard InChI is InChI=1S/C17H30N4O.C4H4O4/c1-2-19-10-12-20(13-11-19)8-5-6-14-22-17-15-16-7-3-4-9-21(16)18-17;5-3(6)1-2-4(7)8/h15H,2-14H2,1H3;1-2H,(H,5,6)(H,7,8)/b;2-1-. The van der Waals surface area contributed by atoms with Gasteiger partial charge < -0.3 is 24.7 Å². The Labute approximate surface area is 177 Å². The molecule has 1 saturated heterocycles. The van der Waals surface area contributed by atoms with Crippen molar-refractivity contribution in [3.8, 4) is 5.88 Å². The number of likely N-dealkylation sites (N-methyl/N-ethyl adjacent to an activating group) is 1. The molecular weight excluding hydrogens is 388 g/mol. The first-order valence-electron chi connectivity index (χ1n) is 10.8. The number of carboxylic acids is 2. The van der Waals surface area contributed by atoms with Crippen LogP contribution in [0.2, 0.25) is 0 Å². The van der Waals surface area contributed by atoms with Crippen molar-refractivity contribution in [3.63, 3.8) is 0 Å². The quantitative estimate of drug-likeness (QED) is 0.458. The van der Waals surface area contributed by atoms with Gasteiger partial charge in [-0.1, -0.05) is 6.92 Å². The van der Waals surface area contributed by atoms with Crippen LogP contribution < -0.4 is 4.74 Å². The van der Waals surface area contributed by atoms with E-state index >= 15 is 0 Å². The van der Waals surface area contributed by atoms with Crippen molar-refractivity contribution in [3.05, 3.63) is 23.9 Å². The summed E-state index contributed by atoms with van der Waals surface area (Å²) in [6.45, 7) is 11.4. The molecule has 0 atom stereocenters. The molecule has 3 rings (SSSR count). The molecule has 2 aliphatic heterocycles. The number of piperazine rings is 1. The number of hydrogen-bond acceptors (Lipinski definition) is 6. The average molecular weight is 423 g/mol. The number of aliphatic carboxylic acids is 2. The highest BCUT2D eigenvalue weighted by Crippen LogP contribution is 2.19. The molecule has 1 aromatic rings. The summed E-state index contributed by atoms with van der Waals surface area (Å²) >= 11 is 0. The topological polar surface area (TPSA) is 108 Å². The van der Waals surface area contributed by atoms with E-state index in [2.05, 4.69) is 32.6 Å². The predicted octanol–water partition coefficient (Wildman–Crippen LogP) is 1.73. The number of carboxylic acid groups (broad SMARTS) is 2. The minimum absolute atomic E-state index is 0.558. The van der Waals surface area contributed by atoms with E-state index in [1.807, 2.05) is 0 Å². The first-order valence-corrected chi connectivity index (χ1v) is 10.8. The zero-order valence-electron chi connectivity index (χ0n) is 17.8. The Morgan fingerprint density at radius 3 is 2.30 bits per heavy atom. The van der Waals surface area contributed by atoms with Crippen molar-refractivity contribution in [1.29, 1.82) is 0 Å². The third kappa shape index (κ3) is 8.96. The predicted molar refractivity (Wildman–Crippen MR) is 113 cm³/mol. The summed E-state index contributed by atoms with van der Waals surface area (Å²) in [7, 11) is 0. The Balaban J connectivity index is 0.000000343. The third-order valence-electron chi connectivity index (χ3n) is 5.29. The van der Waals surface area contributed by atoms with Crippen molar-refractivity contribution in [1.82, 2.24) is 19.6 Å². The molecule has 1 aromatic heterocycles. The van der Waals surface area contributed by atoms with Gasteiger partial charge in [0.15, 0.2) is 0 Å². The van der Waals surface area contributed by atoms with Gasteiger partial charge >= 0.3 is 11.9 Å². The molecule has 0 saturated carbocycles. The zero-order valence-corrected chi connectivity index (χ0v) is 17.8. The monoisotopic (exact) mass is 422 g/mol. The summed E-state index contributed by atoms with van der Waals surface area (Å²) in [4.78, 5) is 24.2. The molecule has 0 radical (unpaired) electrons. The van der Waals surface area contributed by atoms with Crippen LogP contribution in [-0.4, -0.2) is 87.6 Å². The van der Waals surface area contributed by atoms with Crippen molar-refractivity contribution < 1.29 is 24.5 Å². The minimum Gasteiger partial charge on any atom is -0.478 e. The molecule has 0 spiro atoms. The molecule has 9 heteroatoms. The van der Waals surface area contributed by atoms with Crippen molar-refractivity contribution in [2.24, 2.45) is 0 Å². The molecule has 168 valence electrons. The second-order valence-electron chi connectivity index (χ2n) is 7.50. The van der Waals surface area contributed by atoms with Crippen LogP contribution in [0.3, 0.4) is 0 Å². The van der Waals surface area contributed by atoms with E-state index < -0.39 is 11.9 Å². The highest BCUT2D eigenvalue weighted by atomic mass is 16.5. The Kier molecular flexibility index (Phi) is 10.4. The second kappa shape index (κ2) is 13.0. The van der Waals surface area contributed by atoms with Crippen LogP contribution in [0.1, 0.15) is 38.3 Å². The van der Waals surface area contributed by atoms with E-state index in [0.717, 1.165) is 31.9 Å². The molecule has 3 heterocycles. The second-order valence-corrected chi connectivity index (χ2v) is 7.50. The Morgan fingerprint density at radius 2 is 1.70 bits per heavy atom. The number of aryl methyl sites for hydroxylation is 2. The lowest BCUT2D eigenvalue weighted by molar-refractivity contribution is -0.134. The molecule has 0 unspecified atom stereocenters. The van der Waals surface area contributed by atoms with Crippen LogP contribution in [0.25, 0.3) is 0 Å². The maximum atomic E-state index is 9.55. The zero-order chi connectivity index (χ0) is 21.8. The van der Waals surface area contributed by atoms with Gasteiger partial charge in [0.1, 0.15) is 0 Å². The summed E-state index contributed by atoms with van der Waals surface area (Å²) in [5.41, 5.74) is 1.34. The van der Waals surface area contributed by atoms with Crippen molar-refractivity contribution >= 4 is 11.9 Å². The number of hydrogen-bond donors (Lipinski definition) is 2. The van der Waals surface area contributed by atoms with Gasteiger partial charge in [0, 0.05) is 56.6 Å². The lowest BCUT2D eigenvalue weighted by Crippen LogP contribution is -2.46. The number of carbonyl (C=O) groups is 2. The van der Waals surface area contributed by atoms with Crippen LogP contribution >= 0.6 is 0 Å². The summed E-state index contributed by atoms with van der Waals surface area (Å²) in [6.07, 6.45) is 7.15. The molecule has 9 nitrogen and oxygen atoms in total. The van der Waals surface area contributed by atoms with Crippen LogP contribution in [0.4, 0.5) is 0 Å². The van der Waals surface area contributed by atoms with Gasteiger partial charge in [-0.25, -0.2) is 9.59 Å². The number of fused-ring (bicyclic) bond motifs is 1. The summed E-state index contributed by atoms with van der Waals surface area (Å²) in [5.74, 6) is -1.69. The largest absolute Gasteiger partial charge is 0.478 e. The molecule has 0 aliphatic carbocycles. The van der Waals surface area contributed by atoms with Crippen LogP contribution in [0.15, 0.2) is 18.2 Å². The van der Waals surface area contributed by atoms with Crippen LogP contribution in [-0.2, 0) is 22.6 Å². The van der Waals surface area contributed by atoms with E-state index in [-0.39, 0.29) is 0 Å². The van der Waals surface area contributed by atoms with Gasteiger partial charge in [-0.15, -0.1) is 5.10 Å². The maximum absolute atomic E-state index is 9.55. The van der Waals surface area contributed by atoms with Crippen LogP contribution in [0, 0.1) is 0 Å². The van der Waals surface area contributed by atoms with Gasteiger partial charge in [-0.3, -0.25) is 4.68 Å². The molecular formula is C21H34N4O5. The molecule has 0 aromatic carbocycles. The average Bonchev–Trinajstić information content (AvgIpc) is 3.16. The van der Waals surface area contributed by atoms with E-state index in [0.29, 0.717) is 12.2 Å². The van der Waals surface area contributed by atoms with Crippen molar-refractivity contribution in [2.75, 3.05) is 45.9 Å². The van der Waals surface area contributed by atoms with Gasteiger partial charge in [-0.2, -0.15) is 0 Å². The van der Waals surface area contributed by atoms with E-state index in [9.17, 15) is 9.59 Å². The Hall–Kier alpha value is -2.39. The minimum atomic E-state index is -1.26. The smallest absolute Gasteiger partial charge is 0.328 e. The Bertz CT molecular complexity index is 656. The fraction of sp³-hybridized carbons (Fsp3) is 0.667. The van der Waals surface area contributed by atoms with Gasteiger partial charge in [0.2, 0.25) is 5.88 Å². The Morgan fingerprint density at radius 1 is 1.03 bits per heavy atom. The highest BCUT2D eigenvalue weighted by Gasteiger charge is 2.15. The third-order valence-corrected chi connectivity index (χ3v) is 5.29. The molecule has 0 amide bonds. The first-order chi connectivity index (χ1) is 14.5. The molecule has 1 fully saturated rings. The van der Waals surface area contributed by atoms with E-state index in [1.165, 1.54) is 64.2 Å². The van der Waals surface area contributed by atoms with E-state index in [4.69, 9.17) is 14.9 Å². The summed E-state index contributed by atoms with van der Waals surface area (Å²) in [6, 6.07) is 2.13. The van der Waals surface area contributed by atoms with E-state index in [1.54, 1.807) is 0 Å². The maximum Gasteiger partial charge on any atom is 0.328 e. The fourth-order valence-electron chi connectivity index (χ4n) is 3.55. The number of nitrogens with zero attached hydrogens (tertiary/aromatic N) is 4. The highest BCUT2D eigenvalue weighted by molar-refractivity contribution is 5.89. The summed E-state index contributed by atoms with van der Waals surface area (Å²) < 4.78 is 7.94. The SMILES string of the molecule is CCN1CCN(CCCCOc2cc3n(n2)CCCC3)CC1.O=C(O)/C=C\C(=O)O. The molecule has 2 aliphatic rings. The van der Waals surface area contributed by atoms with Gasteiger partial charge in [0.05, 0.1) is 6.61 Å². The fourth-order valence-corrected chi connectivity index (χ4v) is 3.55. The lowest BCUT2D eigenvalue weighted by atomic mass is 10.1. The summed E-state index contributed by atoms with van der Waals surface area (Å²) in [5, 5.41) is 20.2. The van der Waals surface area contributed by atoms with Crippen molar-refractivity contribution in [2.45, 2.75) is 45.6 Å². The number of ether oxygens (including phenoxy) is 1. The molecule has 0 bridgehead atoms. The van der Waals surface area contributed by atoms with Gasteiger partial charge in [0.25, 0.3) is 0 Å². The number of aromatic nitrogens is 2. The first kappa shape index (κ1) is 23.9. The number of unbranched alkanes of at least 4 members (excludes halogenated alkanes) is 1. The molecule has 2 N–H and O–H groups in total. The van der Waals surface area contributed by atoms with Gasteiger partial charge in [-0.05, 0) is 45.2 Å². The molecule has 30 heavy (non-hydrogen) atoms. The number of rotatable bonds is 9.